The average molecular weight is 546 g/mol. The zero-order valence-electron chi connectivity index (χ0n) is 18.2. The number of aliphatic imine (C=N–C) groups is 1. The van der Waals surface area contributed by atoms with Gasteiger partial charge in [0.15, 0.2) is 5.96 Å². The predicted molar refractivity (Wildman–Crippen MR) is 137 cm³/mol. The third kappa shape index (κ3) is 6.24. The molecule has 0 amide bonds. The number of guanidine groups is 1. The van der Waals surface area contributed by atoms with Gasteiger partial charge in [0, 0.05) is 44.3 Å². The predicted octanol–water partition coefficient (Wildman–Crippen LogP) is 3.92. The molecule has 1 N–H and O–H groups in total. The van der Waals surface area contributed by atoms with E-state index in [2.05, 4.69) is 37.1 Å². The summed E-state index contributed by atoms with van der Waals surface area (Å²) in [5, 5.41) is 4.57. The normalized spacial score (nSPS) is 24.3. The third-order valence-corrected chi connectivity index (χ3v) is 7.31. The molecule has 1 atom stereocenters. The molecule has 3 fully saturated rings. The molecule has 30 heavy (non-hydrogen) atoms. The lowest BCUT2D eigenvalue weighted by atomic mass is 9.96. The summed E-state index contributed by atoms with van der Waals surface area (Å²) in [5.74, 6) is 1.83. The Morgan fingerprint density at radius 3 is 2.50 bits per heavy atom. The van der Waals surface area contributed by atoms with Gasteiger partial charge < -0.3 is 10.2 Å². The fraction of sp³-hybridized carbons (Fsp3) is 0.696. The average Bonchev–Trinajstić information content (AvgIpc) is 3.43. The number of rotatable bonds is 5. The maximum absolute atomic E-state index is 6.33. The van der Waals surface area contributed by atoms with Crippen molar-refractivity contribution in [3.63, 3.8) is 0 Å². The number of nitrogens with one attached hydrogen (secondary N) is 1. The van der Waals surface area contributed by atoms with E-state index in [9.17, 15) is 0 Å². The molecule has 0 bridgehead atoms. The molecule has 0 aliphatic carbocycles. The van der Waals surface area contributed by atoms with Crippen molar-refractivity contribution in [1.29, 1.82) is 0 Å². The van der Waals surface area contributed by atoms with Gasteiger partial charge in [0.25, 0.3) is 0 Å². The fourth-order valence-electron chi connectivity index (χ4n) is 5.12. The number of hydrogen-bond donors (Lipinski definition) is 1. The zero-order valence-corrected chi connectivity index (χ0v) is 21.3. The summed E-state index contributed by atoms with van der Waals surface area (Å²) in [6, 6.07) is 8.95. The Hall–Kier alpha value is -0.570. The van der Waals surface area contributed by atoms with Gasteiger partial charge in [-0.1, -0.05) is 29.8 Å². The molecule has 1 aromatic rings. The van der Waals surface area contributed by atoms with Crippen LogP contribution in [0.3, 0.4) is 0 Å². The van der Waals surface area contributed by atoms with Crippen LogP contribution in [-0.2, 0) is 6.54 Å². The van der Waals surface area contributed by atoms with Gasteiger partial charge in [-0.05, 0) is 75.8 Å². The summed E-state index contributed by atoms with van der Waals surface area (Å²) in [6.45, 7) is 9.15. The van der Waals surface area contributed by atoms with E-state index in [1.165, 1.54) is 50.8 Å². The van der Waals surface area contributed by atoms with Gasteiger partial charge in [-0.2, -0.15) is 0 Å². The monoisotopic (exact) mass is 545 g/mol. The molecule has 0 aromatic heterocycles. The van der Waals surface area contributed by atoms with Gasteiger partial charge in [0.05, 0.1) is 0 Å². The largest absolute Gasteiger partial charge is 0.356 e. The highest BCUT2D eigenvalue weighted by atomic mass is 127. The molecule has 0 spiro atoms. The number of likely N-dealkylation sites (tertiary alicyclic amines) is 3. The van der Waals surface area contributed by atoms with E-state index in [-0.39, 0.29) is 24.0 Å². The van der Waals surface area contributed by atoms with E-state index in [1.54, 1.807) is 0 Å². The molecular weight excluding hydrogens is 509 g/mol. The number of piperidine rings is 1. The van der Waals surface area contributed by atoms with Crippen molar-refractivity contribution in [3.05, 3.63) is 34.9 Å². The van der Waals surface area contributed by atoms with Crippen LogP contribution >= 0.6 is 35.6 Å². The lowest BCUT2D eigenvalue weighted by Gasteiger charge is -2.33. The van der Waals surface area contributed by atoms with Crippen LogP contribution in [0.25, 0.3) is 0 Å². The maximum Gasteiger partial charge on any atom is 0.193 e. The maximum atomic E-state index is 6.33. The lowest BCUT2D eigenvalue weighted by molar-refractivity contribution is 0.177. The van der Waals surface area contributed by atoms with E-state index < -0.39 is 0 Å². The summed E-state index contributed by atoms with van der Waals surface area (Å²) in [4.78, 5) is 12.3. The standard InChI is InChI=1S/C23H36ClN5.HI/c1-25-23(29-15-10-21(18-29)28-11-4-5-12-28)26-16-19-8-13-27(14-9-19)17-20-6-2-3-7-22(20)24;/h2-3,6-7,19,21H,4-5,8-18H2,1H3,(H,25,26);1H. The van der Waals surface area contributed by atoms with E-state index in [0.717, 1.165) is 62.2 Å². The minimum atomic E-state index is 0. The van der Waals surface area contributed by atoms with Gasteiger partial charge in [0.2, 0.25) is 0 Å². The molecule has 0 saturated carbocycles. The van der Waals surface area contributed by atoms with Crippen LogP contribution in [0.1, 0.15) is 37.7 Å². The van der Waals surface area contributed by atoms with Crippen molar-refractivity contribution in [1.82, 2.24) is 20.0 Å². The first-order valence-electron chi connectivity index (χ1n) is 11.4. The second kappa shape index (κ2) is 11.9. The number of halogens is 2. The second-order valence-corrected chi connectivity index (χ2v) is 9.28. The molecule has 3 aliphatic rings. The van der Waals surface area contributed by atoms with E-state index in [4.69, 9.17) is 11.6 Å². The molecule has 5 nitrogen and oxygen atoms in total. The SMILES string of the molecule is CN=C(NCC1CCN(Cc2ccccc2Cl)CC1)N1CCC(N2CCCC2)C1.I. The molecule has 168 valence electrons. The minimum absolute atomic E-state index is 0. The molecule has 1 aromatic carbocycles. The number of hydrogen-bond acceptors (Lipinski definition) is 3. The molecule has 0 radical (unpaired) electrons. The van der Waals surface area contributed by atoms with Crippen molar-refractivity contribution in [3.8, 4) is 0 Å². The van der Waals surface area contributed by atoms with Gasteiger partial charge in [-0.25, -0.2) is 0 Å². The first-order valence-corrected chi connectivity index (χ1v) is 11.8. The van der Waals surface area contributed by atoms with Crippen LogP contribution in [0.5, 0.6) is 0 Å². The first kappa shape index (κ1) is 24.1. The Labute approximate surface area is 204 Å². The summed E-state index contributed by atoms with van der Waals surface area (Å²) in [5.41, 5.74) is 1.24. The quantitative estimate of drug-likeness (QED) is 0.346. The second-order valence-electron chi connectivity index (χ2n) is 8.87. The minimum Gasteiger partial charge on any atom is -0.356 e. The Kier molecular flexibility index (Phi) is 9.54. The van der Waals surface area contributed by atoms with Gasteiger partial charge >= 0.3 is 0 Å². The van der Waals surface area contributed by atoms with Crippen LogP contribution in [0.4, 0.5) is 0 Å². The number of benzene rings is 1. The summed E-state index contributed by atoms with van der Waals surface area (Å²) in [7, 11) is 1.93. The van der Waals surface area contributed by atoms with Crippen LogP contribution in [0.15, 0.2) is 29.3 Å². The van der Waals surface area contributed by atoms with Crippen LogP contribution < -0.4 is 5.32 Å². The summed E-state index contributed by atoms with van der Waals surface area (Å²) < 4.78 is 0. The van der Waals surface area contributed by atoms with Crippen molar-refractivity contribution >= 4 is 41.5 Å². The van der Waals surface area contributed by atoms with Crippen molar-refractivity contribution < 1.29 is 0 Å². The molecule has 7 heteroatoms. The van der Waals surface area contributed by atoms with E-state index >= 15 is 0 Å². The molecule has 3 aliphatic heterocycles. The van der Waals surface area contributed by atoms with Crippen molar-refractivity contribution in [2.24, 2.45) is 10.9 Å². The Balaban J connectivity index is 0.00000256. The highest BCUT2D eigenvalue weighted by molar-refractivity contribution is 14.0. The van der Waals surface area contributed by atoms with Crippen molar-refractivity contribution in [2.45, 2.75) is 44.7 Å². The molecular formula is C23H37ClIN5. The Morgan fingerprint density at radius 2 is 1.80 bits per heavy atom. The van der Waals surface area contributed by atoms with Gasteiger partial charge in [-0.15, -0.1) is 24.0 Å². The van der Waals surface area contributed by atoms with Crippen LogP contribution in [0, 0.1) is 5.92 Å². The Bertz CT molecular complexity index is 686. The van der Waals surface area contributed by atoms with Gasteiger partial charge in [-0.3, -0.25) is 14.8 Å². The highest BCUT2D eigenvalue weighted by Crippen LogP contribution is 2.23. The smallest absolute Gasteiger partial charge is 0.193 e. The first-order chi connectivity index (χ1) is 14.2. The van der Waals surface area contributed by atoms with Crippen LogP contribution in [0.2, 0.25) is 5.02 Å². The molecule has 3 heterocycles. The fourth-order valence-corrected chi connectivity index (χ4v) is 5.32. The highest BCUT2D eigenvalue weighted by Gasteiger charge is 2.31. The molecule has 1 unspecified atom stereocenters. The summed E-state index contributed by atoms with van der Waals surface area (Å²) in [6.07, 6.45) is 6.51. The molecule has 3 saturated heterocycles. The number of nitrogens with zero attached hydrogens (tertiary/aromatic N) is 4. The van der Waals surface area contributed by atoms with E-state index in [0.29, 0.717) is 0 Å². The Morgan fingerprint density at radius 1 is 1.07 bits per heavy atom. The third-order valence-electron chi connectivity index (χ3n) is 6.94. The lowest BCUT2D eigenvalue weighted by Crippen LogP contribution is -2.45. The summed E-state index contributed by atoms with van der Waals surface area (Å²) >= 11 is 6.33. The molecule has 4 rings (SSSR count). The van der Waals surface area contributed by atoms with Crippen molar-refractivity contribution in [2.75, 3.05) is 52.9 Å². The van der Waals surface area contributed by atoms with Gasteiger partial charge in [0.1, 0.15) is 0 Å². The zero-order chi connectivity index (χ0) is 20.1. The van der Waals surface area contributed by atoms with E-state index in [1.807, 2.05) is 19.2 Å². The van der Waals surface area contributed by atoms with Crippen LogP contribution in [-0.4, -0.2) is 79.6 Å². The topological polar surface area (TPSA) is 34.1 Å².